The molecule has 4 aromatic carbocycles. The number of fused-ring (bicyclic) bond motifs is 4. The normalized spacial score (nSPS) is 11.1. The van der Waals surface area contributed by atoms with E-state index in [4.69, 9.17) is 6.57 Å². The molecule has 0 radical (unpaired) electrons. The Morgan fingerprint density at radius 2 is 0.745 bits per heavy atom. The van der Waals surface area contributed by atoms with E-state index in [1.165, 1.54) is 210 Å². The van der Waals surface area contributed by atoms with Crippen LogP contribution in [0.15, 0.2) is 91.0 Å². The van der Waals surface area contributed by atoms with Crippen molar-refractivity contribution in [2.24, 2.45) is 7.05 Å². The minimum absolute atomic E-state index is 0.0509. The molecule has 0 amide bonds. The summed E-state index contributed by atoms with van der Waals surface area (Å²) in [6.07, 6.45) is 12.8. The highest BCUT2D eigenvalue weighted by Gasteiger charge is 2.24. The summed E-state index contributed by atoms with van der Waals surface area (Å²) in [7, 11) is 1.75. The minimum Gasteiger partial charge on any atom is -0.358 e. The molecule has 11 heterocycles. The monoisotopic (exact) mass is 1950 g/mol. The second-order valence-corrected chi connectivity index (χ2v) is 44.9. The van der Waals surface area contributed by atoms with Gasteiger partial charge in [-0.1, -0.05) is 115 Å². The number of H-pyrrole nitrogens is 1. The second kappa shape index (κ2) is 53.1. The lowest BCUT2D eigenvalue weighted by atomic mass is 9.80. The van der Waals surface area contributed by atoms with Crippen LogP contribution in [0.3, 0.4) is 0 Å². The fourth-order valence-electron chi connectivity index (χ4n) is 19.2. The molecule has 0 aliphatic rings. The Hall–Kier alpha value is -10.7. The molecule has 0 bridgehead atoms. The number of nitrogens with zero attached hydrogens (tertiary/aromatic N) is 13. The molecule has 1 N–H and O–H groups in total. The van der Waals surface area contributed by atoms with E-state index < -0.39 is 0 Å². The van der Waals surface area contributed by atoms with Crippen molar-refractivity contribution in [1.82, 2.24) is 62.7 Å². The van der Waals surface area contributed by atoms with Crippen LogP contribution < -0.4 is 5.69 Å². The van der Waals surface area contributed by atoms with Crippen LogP contribution in [-0.4, -0.2) is 62.7 Å². The van der Waals surface area contributed by atoms with E-state index in [2.05, 4.69) is 397 Å². The lowest BCUT2D eigenvalue weighted by Crippen LogP contribution is -2.23. The number of hydrogen-bond acceptors (Lipinski definition) is 10. The number of para-hydroxylation sites is 2. The maximum absolute atomic E-state index is 11.1. The number of thiophene rings is 2. The highest BCUT2D eigenvalue weighted by Crippen LogP contribution is 2.42. The quantitative estimate of drug-likeness (QED) is 0.126. The van der Waals surface area contributed by atoms with Gasteiger partial charge in [0.25, 0.3) is 0 Å². The Kier molecular flexibility index (Phi) is 45.5. The molecule has 0 saturated carbocycles. The number of rotatable bonds is 11. The summed E-state index contributed by atoms with van der Waals surface area (Å²) in [6, 6.07) is 15.7. The van der Waals surface area contributed by atoms with Gasteiger partial charge in [-0.15, -0.1) is 11.3 Å². The van der Waals surface area contributed by atoms with Crippen molar-refractivity contribution in [3.8, 4) is 0 Å². The van der Waals surface area contributed by atoms with Gasteiger partial charge in [-0.25, -0.2) is 24.6 Å². The van der Waals surface area contributed by atoms with E-state index in [1.807, 2.05) is 93.7 Å². The Balaban J connectivity index is 0.000000275. The van der Waals surface area contributed by atoms with Gasteiger partial charge in [0.15, 0.2) is 0 Å². The summed E-state index contributed by atoms with van der Waals surface area (Å²) < 4.78 is 9.73. The Labute approximate surface area is 861 Å². The molecule has 0 aliphatic heterocycles. The number of pyridine rings is 4. The molecule has 15 nitrogen and oxygen atoms in total. The lowest BCUT2D eigenvalue weighted by molar-refractivity contribution is 0.567. The first-order valence-electron chi connectivity index (χ1n) is 51.4. The lowest BCUT2D eigenvalue weighted by Gasteiger charge is -2.24. The van der Waals surface area contributed by atoms with Crippen molar-refractivity contribution < 1.29 is 0 Å². The van der Waals surface area contributed by atoms with E-state index in [1.54, 1.807) is 57.2 Å². The average molecular weight is 1950 g/mol. The van der Waals surface area contributed by atoms with E-state index in [0.29, 0.717) is 59.6 Å². The number of imidazole rings is 4. The first-order chi connectivity index (χ1) is 65.5. The summed E-state index contributed by atoms with van der Waals surface area (Å²) in [4.78, 5) is 52.9. The van der Waals surface area contributed by atoms with E-state index >= 15 is 0 Å². The van der Waals surface area contributed by atoms with Gasteiger partial charge < -0.3 is 23.3 Å². The van der Waals surface area contributed by atoms with Crippen molar-refractivity contribution in [3.05, 3.63) is 308 Å². The number of aryl methyl sites for hydroxylation is 15. The Morgan fingerprint density at radius 1 is 0.326 bits per heavy atom. The summed E-state index contributed by atoms with van der Waals surface area (Å²) in [5, 5.41) is 5.26. The molecule has 15 aromatic rings. The fraction of sp³-hybridized carbons (Fsp3) is 0.508. The molecule has 0 aliphatic carbocycles. The molecule has 0 fully saturated rings. The van der Waals surface area contributed by atoms with Crippen LogP contribution in [0.25, 0.3) is 48.6 Å². The molecule has 0 unspecified atom stereocenters. The van der Waals surface area contributed by atoms with Crippen LogP contribution in [0.1, 0.15) is 417 Å². The third kappa shape index (κ3) is 29.6. The molecule has 15 rings (SSSR count). The number of hydrogen-bond donors (Lipinski definition) is 1. The van der Waals surface area contributed by atoms with E-state index in [9.17, 15) is 4.79 Å². The van der Waals surface area contributed by atoms with Crippen LogP contribution >= 0.6 is 22.7 Å². The van der Waals surface area contributed by atoms with Crippen LogP contribution in [0, 0.1) is 207 Å². The fourth-order valence-corrected chi connectivity index (χ4v) is 21.2. The Morgan fingerprint density at radius 3 is 1.15 bits per heavy atom. The van der Waals surface area contributed by atoms with Crippen molar-refractivity contribution in [3.63, 3.8) is 0 Å². The summed E-state index contributed by atoms with van der Waals surface area (Å²) in [5.41, 5.74) is 51.2. The topological polar surface area (TPSA) is 152 Å². The molecule has 17 heteroatoms. The predicted molar refractivity (Wildman–Crippen MR) is 617 cm³/mol. The second-order valence-electron chi connectivity index (χ2n) is 42.4. The molecule has 11 aromatic heterocycles. The van der Waals surface area contributed by atoms with Gasteiger partial charge in [-0.3, -0.25) is 24.5 Å². The van der Waals surface area contributed by atoms with Gasteiger partial charge in [0.05, 0.1) is 59.5 Å². The van der Waals surface area contributed by atoms with Gasteiger partial charge >= 0.3 is 5.69 Å². The third-order valence-corrected chi connectivity index (χ3v) is 31.4. The maximum Gasteiger partial charge on any atom is 0.328 e. The molecule has 0 spiro atoms. The van der Waals surface area contributed by atoms with Gasteiger partial charge in [-0.05, 0) is 471 Å². The summed E-state index contributed by atoms with van der Waals surface area (Å²) in [6.45, 7) is 119. The van der Waals surface area contributed by atoms with Crippen molar-refractivity contribution in [1.29, 1.82) is 0 Å². The summed E-state index contributed by atoms with van der Waals surface area (Å²) >= 11 is 3.51. The largest absolute Gasteiger partial charge is 0.358 e. The molecule has 0 atom stereocenters. The zero-order valence-electron chi connectivity index (χ0n) is 97.5. The predicted octanol–water partition coefficient (Wildman–Crippen LogP) is 36.0. The molecule has 0 saturated heterocycles. The van der Waals surface area contributed by atoms with Crippen molar-refractivity contribution in [2.45, 2.75) is 419 Å². The zero-order valence-corrected chi connectivity index (χ0v) is 99.1. The SMILES string of the molecule is CC(C)n1ccn(C)c1=O.CC(C)n1cnc2ccccc21.CC(C)n1cnc2ccncc21.Cc1[nH]c2c(C)c(C)c(C)c(C)c2c1C(C)C.Cc1c(C)c(C)c2c(C(C)C)c(C)c(C)c(C)c2c1C.Cc1nc(C(C)C)c(C)c(C)c1C.Cc1nc(C)c(C(C)C)c(C)c1C.Cc1nc(C)c(C)c(C(C)C)c1C.Cc1ncn(C(C)C)c1C.Cc1sc(C)c(C(C)C)c1C.[C-]#[N+]c1ccc(C(C)C)s1. The van der Waals surface area contributed by atoms with Gasteiger partial charge in [0.2, 0.25) is 5.00 Å². The van der Waals surface area contributed by atoms with Gasteiger partial charge in [-0.2, -0.15) is 11.3 Å². The minimum atomic E-state index is 0.0509. The molecular formula is C124H182N14OS2. The highest BCUT2D eigenvalue weighted by molar-refractivity contribution is 7.16. The van der Waals surface area contributed by atoms with Crippen molar-refractivity contribution in [2.75, 3.05) is 0 Å². The van der Waals surface area contributed by atoms with Crippen molar-refractivity contribution >= 4 is 71.4 Å². The average Bonchev–Trinajstić information content (AvgIpc) is 1.60. The van der Waals surface area contributed by atoms with E-state index in [-0.39, 0.29) is 11.7 Å². The summed E-state index contributed by atoms with van der Waals surface area (Å²) in [5.74, 6) is 4.08. The number of aromatic amines is 1. The van der Waals surface area contributed by atoms with Gasteiger partial charge in [0.1, 0.15) is 0 Å². The van der Waals surface area contributed by atoms with E-state index in [0.717, 1.165) is 27.2 Å². The number of aromatic nitrogens is 13. The maximum atomic E-state index is 11.1. The van der Waals surface area contributed by atoms with Gasteiger partial charge in [0, 0.05) is 116 Å². The van der Waals surface area contributed by atoms with Crippen LogP contribution in [0.2, 0.25) is 0 Å². The highest BCUT2D eigenvalue weighted by atomic mass is 32.1. The van der Waals surface area contributed by atoms with Crippen LogP contribution in [0.5, 0.6) is 0 Å². The van der Waals surface area contributed by atoms with Crippen LogP contribution in [0.4, 0.5) is 5.00 Å². The molecule has 766 valence electrons. The third-order valence-electron chi connectivity index (χ3n) is 29.0. The first kappa shape index (κ1) is 121. The molecule has 141 heavy (non-hydrogen) atoms. The zero-order chi connectivity index (χ0) is 107. The number of benzene rings is 4. The smallest absolute Gasteiger partial charge is 0.328 e. The first-order valence-corrected chi connectivity index (χ1v) is 53.0. The Bertz CT molecular complexity index is 6710. The van der Waals surface area contributed by atoms with Crippen LogP contribution in [-0.2, 0) is 7.05 Å². The standard InChI is InChI=1S/C20H28.C16H23N.3C12H19N.C10H12N2.C10H16S.C9H11N3.C8H14N2.C8H9NS.C7H12N2O/c1-10(2)18-14(6)13(5)16(8)19-15(7)11(3)12(4)17(9)20(18)19;1-8(2)14-13(7)17-16-12(6)10(4)9(3)11(5)15(14)16;1-7(2)12-8(3)10(5)13-11(6)9(12)4;1-7(2)12-9(4)8(3)10(5)13-11(12)6;1-7(2)12-10(5)8(3)9(4)11(6)13-12;1-8(2)12-7-11-9-5-3-4-6-10(9)12;1-6(2)10-7(3)8(4)11-9(10)5;1-7(2)12-6-11-8-3-4-10-5-9(8)12;1-6(2)10-5-9-7(3)8(10)4;1-6(2)7-4-5-8(9-3)10-7;1-6(2)9-5-4-8(3)7(9)10/h10H,1-9H3;8,17H,1-7H3;3*7H,1-6H3;3-8H,1-2H3;6H,1-5H3;3-7H,1-2H3;5-6H,1-4H3;4-6H,1-2H3;4-6H,1-3H3. The number of nitrogens with one attached hydrogen (secondary N) is 1. The molecular weight excluding hydrogens is 1770 g/mol.